The number of phenolic OH excluding ortho intramolecular Hbond substituents is 1. The molecule has 0 spiro atoms. The van der Waals surface area contributed by atoms with Crippen molar-refractivity contribution in [3.8, 4) is 17.2 Å². The van der Waals surface area contributed by atoms with Crippen LogP contribution in [0.25, 0.3) is 30.0 Å². The van der Waals surface area contributed by atoms with Gasteiger partial charge in [-0.3, -0.25) is 0 Å². The molecule has 0 bridgehead atoms. The first kappa shape index (κ1) is 21.2. The predicted octanol–water partition coefficient (Wildman–Crippen LogP) is 6.54. The fourth-order valence-corrected chi connectivity index (χ4v) is 3.54. The highest BCUT2D eigenvalue weighted by Gasteiger charge is 2.09. The Morgan fingerprint density at radius 1 is 0.812 bits per heavy atom. The molecule has 0 fully saturated rings. The number of aryl methyl sites for hydroxylation is 2. The van der Waals surface area contributed by atoms with E-state index in [1.165, 1.54) is 5.56 Å². The molecule has 32 heavy (non-hydrogen) atoms. The van der Waals surface area contributed by atoms with E-state index < -0.39 is 0 Å². The maximum absolute atomic E-state index is 9.85. The molecule has 4 rings (SSSR count). The number of aromatic nitrogens is 2. The predicted molar refractivity (Wildman–Crippen MR) is 132 cm³/mol. The molecule has 4 nitrogen and oxygen atoms in total. The fraction of sp³-hybridized carbons (Fsp3) is 0.107. The van der Waals surface area contributed by atoms with Gasteiger partial charge in [-0.2, -0.15) is 5.10 Å². The quantitative estimate of drug-likeness (QED) is 0.383. The topological polar surface area (TPSA) is 47.3 Å². The van der Waals surface area contributed by atoms with Crippen molar-refractivity contribution in [3.05, 3.63) is 106 Å². The molecule has 0 saturated carbocycles. The van der Waals surface area contributed by atoms with E-state index in [0.717, 1.165) is 33.8 Å². The molecule has 0 atom stereocenters. The maximum Gasteiger partial charge on any atom is 0.161 e. The number of hydrogen-bond donors (Lipinski definition) is 1. The molecule has 1 heterocycles. The standard InChI is InChI=1S/C28H26N2O2/c1-20-7-6-9-22(17-20)11-14-24-19-25(30(29-24)26-10-5-4-8-21(26)2)15-12-23-13-16-27(31)28(18-23)32-3/h4-19,31H,1-3H3/b14-11+,15-12+. The summed E-state index contributed by atoms with van der Waals surface area (Å²) in [5.74, 6) is 0.569. The average Bonchev–Trinajstić information content (AvgIpc) is 3.20. The van der Waals surface area contributed by atoms with E-state index in [9.17, 15) is 5.11 Å². The summed E-state index contributed by atoms with van der Waals surface area (Å²) >= 11 is 0. The number of nitrogens with zero attached hydrogens (tertiary/aromatic N) is 2. The number of hydrogen-bond acceptors (Lipinski definition) is 3. The van der Waals surface area contributed by atoms with E-state index in [1.54, 1.807) is 19.2 Å². The van der Waals surface area contributed by atoms with Crippen molar-refractivity contribution in [2.45, 2.75) is 13.8 Å². The number of phenols is 1. The Labute approximate surface area is 188 Å². The van der Waals surface area contributed by atoms with Crippen molar-refractivity contribution in [2.24, 2.45) is 0 Å². The minimum atomic E-state index is 0.123. The van der Waals surface area contributed by atoms with Crippen molar-refractivity contribution >= 4 is 24.3 Å². The highest BCUT2D eigenvalue weighted by molar-refractivity contribution is 5.74. The van der Waals surface area contributed by atoms with Gasteiger partial charge in [-0.05, 0) is 67.0 Å². The van der Waals surface area contributed by atoms with Crippen LogP contribution in [0.1, 0.15) is 33.6 Å². The van der Waals surface area contributed by atoms with Crippen molar-refractivity contribution in [2.75, 3.05) is 7.11 Å². The molecule has 1 aromatic heterocycles. The van der Waals surface area contributed by atoms with Crippen LogP contribution in [0.4, 0.5) is 0 Å². The van der Waals surface area contributed by atoms with Crippen LogP contribution in [-0.2, 0) is 0 Å². The Hall–Kier alpha value is -4.05. The second kappa shape index (κ2) is 9.40. The van der Waals surface area contributed by atoms with Crippen molar-refractivity contribution in [1.29, 1.82) is 0 Å². The summed E-state index contributed by atoms with van der Waals surface area (Å²) in [6.07, 6.45) is 8.12. The smallest absolute Gasteiger partial charge is 0.161 e. The van der Waals surface area contributed by atoms with Crippen LogP contribution in [0.2, 0.25) is 0 Å². The van der Waals surface area contributed by atoms with Crippen LogP contribution in [0.15, 0.2) is 72.8 Å². The molecule has 0 amide bonds. The summed E-state index contributed by atoms with van der Waals surface area (Å²) in [5.41, 5.74) is 7.30. The number of rotatable bonds is 6. The molecular formula is C28H26N2O2. The van der Waals surface area contributed by atoms with E-state index in [0.29, 0.717) is 5.75 Å². The molecule has 0 aliphatic rings. The van der Waals surface area contributed by atoms with Crippen LogP contribution in [0.3, 0.4) is 0 Å². The molecule has 3 aromatic carbocycles. The molecule has 1 N–H and O–H groups in total. The third kappa shape index (κ3) is 4.81. The molecule has 4 heteroatoms. The molecule has 0 aliphatic heterocycles. The van der Waals surface area contributed by atoms with Gasteiger partial charge < -0.3 is 9.84 Å². The first-order valence-electron chi connectivity index (χ1n) is 10.5. The Morgan fingerprint density at radius 2 is 1.59 bits per heavy atom. The van der Waals surface area contributed by atoms with E-state index in [1.807, 2.05) is 41.1 Å². The van der Waals surface area contributed by atoms with Crippen LogP contribution in [-0.4, -0.2) is 22.0 Å². The van der Waals surface area contributed by atoms with E-state index in [4.69, 9.17) is 9.84 Å². The number of para-hydroxylation sites is 1. The van der Waals surface area contributed by atoms with Crippen molar-refractivity contribution in [1.82, 2.24) is 9.78 Å². The first-order valence-corrected chi connectivity index (χ1v) is 10.5. The van der Waals surface area contributed by atoms with Gasteiger partial charge >= 0.3 is 0 Å². The summed E-state index contributed by atoms with van der Waals surface area (Å²) < 4.78 is 7.18. The zero-order valence-electron chi connectivity index (χ0n) is 18.5. The SMILES string of the molecule is COc1cc(/C=C/c2cc(/C=C/c3cccc(C)c3)nn2-c2ccccc2C)ccc1O. The van der Waals surface area contributed by atoms with Crippen molar-refractivity contribution < 1.29 is 9.84 Å². The van der Waals surface area contributed by atoms with Gasteiger partial charge in [0.05, 0.1) is 24.2 Å². The third-order valence-corrected chi connectivity index (χ3v) is 5.24. The molecular weight excluding hydrogens is 396 g/mol. The number of ether oxygens (including phenoxy) is 1. The van der Waals surface area contributed by atoms with Gasteiger partial charge in [0.2, 0.25) is 0 Å². The summed E-state index contributed by atoms with van der Waals surface area (Å²) in [5, 5.41) is 14.7. The fourth-order valence-electron chi connectivity index (χ4n) is 3.54. The van der Waals surface area contributed by atoms with E-state index in [2.05, 4.69) is 62.4 Å². The van der Waals surface area contributed by atoms with Gasteiger partial charge in [0, 0.05) is 0 Å². The average molecular weight is 423 g/mol. The van der Waals surface area contributed by atoms with Gasteiger partial charge in [0.1, 0.15) is 0 Å². The van der Waals surface area contributed by atoms with Crippen LogP contribution < -0.4 is 4.74 Å². The molecule has 4 aromatic rings. The summed E-state index contributed by atoms with van der Waals surface area (Å²) in [7, 11) is 1.54. The lowest BCUT2D eigenvalue weighted by molar-refractivity contribution is 0.373. The minimum absolute atomic E-state index is 0.123. The lowest BCUT2D eigenvalue weighted by atomic mass is 10.1. The Kier molecular flexibility index (Phi) is 6.22. The highest BCUT2D eigenvalue weighted by atomic mass is 16.5. The molecule has 0 radical (unpaired) electrons. The third-order valence-electron chi connectivity index (χ3n) is 5.24. The zero-order valence-corrected chi connectivity index (χ0v) is 18.5. The molecule has 0 aliphatic carbocycles. The van der Waals surface area contributed by atoms with Gasteiger partial charge in [-0.25, -0.2) is 4.68 Å². The van der Waals surface area contributed by atoms with Gasteiger partial charge in [-0.1, -0.05) is 66.2 Å². The number of methoxy groups -OCH3 is 1. The van der Waals surface area contributed by atoms with Gasteiger partial charge in [0.15, 0.2) is 11.5 Å². The minimum Gasteiger partial charge on any atom is -0.504 e. The first-order chi connectivity index (χ1) is 15.5. The second-order valence-corrected chi connectivity index (χ2v) is 7.70. The number of aromatic hydroxyl groups is 1. The lowest BCUT2D eigenvalue weighted by Gasteiger charge is -2.08. The van der Waals surface area contributed by atoms with Gasteiger partial charge in [0.25, 0.3) is 0 Å². The van der Waals surface area contributed by atoms with E-state index in [-0.39, 0.29) is 5.75 Å². The van der Waals surface area contributed by atoms with E-state index >= 15 is 0 Å². The lowest BCUT2D eigenvalue weighted by Crippen LogP contribution is -2.01. The zero-order chi connectivity index (χ0) is 22.5. The molecule has 160 valence electrons. The normalized spacial score (nSPS) is 11.5. The molecule has 0 saturated heterocycles. The summed E-state index contributed by atoms with van der Waals surface area (Å²) in [6, 6.07) is 23.9. The van der Waals surface area contributed by atoms with Crippen LogP contribution in [0.5, 0.6) is 11.5 Å². The van der Waals surface area contributed by atoms with Crippen LogP contribution >= 0.6 is 0 Å². The summed E-state index contributed by atoms with van der Waals surface area (Å²) in [4.78, 5) is 0. The highest BCUT2D eigenvalue weighted by Crippen LogP contribution is 2.27. The Morgan fingerprint density at radius 3 is 2.38 bits per heavy atom. The second-order valence-electron chi connectivity index (χ2n) is 7.70. The van der Waals surface area contributed by atoms with Crippen LogP contribution in [0, 0.1) is 13.8 Å². The van der Waals surface area contributed by atoms with Crippen molar-refractivity contribution in [3.63, 3.8) is 0 Å². The largest absolute Gasteiger partial charge is 0.504 e. The van der Waals surface area contributed by atoms with Gasteiger partial charge in [-0.15, -0.1) is 0 Å². The Bertz CT molecular complexity index is 1300. The summed E-state index contributed by atoms with van der Waals surface area (Å²) in [6.45, 7) is 4.17. The maximum atomic E-state index is 9.85. The molecule has 0 unspecified atom stereocenters. The Balaban J connectivity index is 1.72. The monoisotopic (exact) mass is 422 g/mol. The number of benzene rings is 3.